The van der Waals surface area contributed by atoms with Crippen molar-refractivity contribution in [3.8, 4) is 67.8 Å². The first-order valence-electron chi connectivity index (χ1n) is 20.9. The molecule has 12 rings (SSSR count). The Bertz CT molecular complexity index is 3620. The first kappa shape index (κ1) is 35.5. The fourth-order valence-corrected chi connectivity index (χ4v) is 9.05. The van der Waals surface area contributed by atoms with Crippen LogP contribution in [0.2, 0.25) is 0 Å². The highest BCUT2D eigenvalue weighted by atomic mass is 15.0. The average molecular weight is 792 g/mol. The molecule has 3 aromatic heterocycles. The summed E-state index contributed by atoms with van der Waals surface area (Å²) in [6, 6.07) is 79.3. The van der Waals surface area contributed by atoms with E-state index in [0.29, 0.717) is 17.5 Å². The number of nitrogens with zero attached hydrogens (tertiary/aromatic N) is 5. The van der Waals surface area contributed by atoms with Crippen LogP contribution in [0.1, 0.15) is 0 Å². The van der Waals surface area contributed by atoms with Gasteiger partial charge in [0.05, 0.1) is 22.1 Å². The first-order chi connectivity index (χ1) is 30.7. The molecule has 0 atom stereocenters. The minimum absolute atomic E-state index is 0.623. The molecule has 0 amide bonds. The van der Waals surface area contributed by atoms with Crippen LogP contribution in [-0.2, 0) is 0 Å². The summed E-state index contributed by atoms with van der Waals surface area (Å²) in [4.78, 5) is 15.2. The summed E-state index contributed by atoms with van der Waals surface area (Å²) in [6.07, 6.45) is 0. The van der Waals surface area contributed by atoms with E-state index in [4.69, 9.17) is 15.0 Å². The second-order valence-electron chi connectivity index (χ2n) is 15.7. The van der Waals surface area contributed by atoms with Gasteiger partial charge < -0.3 is 9.13 Å². The summed E-state index contributed by atoms with van der Waals surface area (Å²) in [5.74, 6) is 1.89. The molecule has 0 unspecified atom stereocenters. The molecule has 0 aliphatic rings. The second-order valence-corrected chi connectivity index (χ2v) is 15.7. The van der Waals surface area contributed by atoms with Crippen LogP contribution in [0.15, 0.2) is 224 Å². The zero-order valence-corrected chi connectivity index (χ0v) is 33.6. The highest BCUT2D eigenvalue weighted by Crippen LogP contribution is 2.40. The molecule has 5 heteroatoms. The normalized spacial score (nSPS) is 11.5. The lowest BCUT2D eigenvalue weighted by atomic mass is 10.0. The maximum Gasteiger partial charge on any atom is 0.164 e. The summed E-state index contributed by atoms with van der Waals surface area (Å²) < 4.78 is 4.81. The summed E-state index contributed by atoms with van der Waals surface area (Å²) in [7, 11) is 0. The maximum atomic E-state index is 5.13. The van der Waals surface area contributed by atoms with E-state index < -0.39 is 0 Å². The van der Waals surface area contributed by atoms with Crippen molar-refractivity contribution in [2.24, 2.45) is 0 Å². The molecule has 62 heavy (non-hydrogen) atoms. The van der Waals surface area contributed by atoms with Gasteiger partial charge in [-0.25, -0.2) is 15.0 Å². The van der Waals surface area contributed by atoms with Gasteiger partial charge in [0.25, 0.3) is 0 Å². The molecule has 0 radical (unpaired) electrons. The van der Waals surface area contributed by atoms with Crippen molar-refractivity contribution in [2.75, 3.05) is 0 Å². The molecule has 5 nitrogen and oxygen atoms in total. The van der Waals surface area contributed by atoms with E-state index >= 15 is 0 Å². The molecule has 0 aliphatic heterocycles. The van der Waals surface area contributed by atoms with E-state index in [1.807, 2.05) is 36.4 Å². The number of hydrogen-bond donors (Lipinski definition) is 0. The van der Waals surface area contributed by atoms with Crippen LogP contribution in [0.5, 0.6) is 0 Å². The largest absolute Gasteiger partial charge is 0.309 e. The van der Waals surface area contributed by atoms with Crippen LogP contribution in [0, 0.1) is 0 Å². The Hall–Kier alpha value is -8.41. The van der Waals surface area contributed by atoms with Gasteiger partial charge in [0.1, 0.15) is 0 Å². The number of benzene rings is 9. The van der Waals surface area contributed by atoms with E-state index in [2.05, 4.69) is 197 Å². The lowest BCUT2D eigenvalue weighted by Gasteiger charge is -2.12. The number of hydrogen-bond acceptors (Lipinski definition) is 3. The van der Waals surface area contributed by atoms with Gasteiger partial charge in [0.2, 0.25) is 0 Å². The van der Waals surface area contributed by atoms with Crippen molar-refractivity contribution in [2.45, 2.75) is 0 Å². The number of rotatable bonds is 7. The van der Waals surface area contributed by atoms with Gasteiger partial charge in [0, 0.05) is 49.6 Å². The molecule has 0 saturated heterocycles. The number of aromatic nitrogens is 5. The van der Waals surface area contributed by atoms with Crippen molar-refractivity contribution < 1.29 is 0 Å². The molecule has 0 saturated carbocycles. The lowest BCUT2D eigenvalue weighted by Crippen LogP contribution is -2.00. The summed E-state index contributed by atoms with van der Waals surface area (Å²) in [5.41, 5.74) is 14.2. The minimum Gasteiger partial charge on any atom is -0.309 e. The standard InChI is InChI=1S/C57H37N5/c1-4-17-38(18-5-1)40-21-14-24-43(33-40)56-58-55(39-19-6-2-7-20-39)59-57(60-56)44-25-15-22-41(34-44)42-23-16-28-46(35-42)62-52-32-13-11-30-48(52)50-36-53-49(37-54(50)62)47-29-10-12-31-51(47)61(53)45-26-8-3-9-27-45/h1-37H. The molecule has 0 N–H and O–H groups in total. The van der Waals surface area contributed by atoms with E-state index in [-0.39, 0.29) is 0 Å². The lowest BCUT2D eigenvalue weighted by molar-refractivity contribution is 1.07. The fraction of sp³-hybridized carbons (Fsp3) is 0. The molecular weight excluding hydrogens is 755 g/mol. The van der Waals surface area contributed by atoms with Gasteiger partial charge in [-0.1, -0.05) is 164 Å². The zero-order valence-electron chi connectivity index (χ0n) is 33.6. The average Bonchev–Trinajstić information content (AvgIpc) is 3.86. The quantitative estimate of drug-likeness (QED) is 0.162. The Kier molecular flexibility index (Phi) is 8.42. The molecule has 0 bridgehead atoms. The second kappa shape index (κ2) is 14.7. The van der Waals surface area contributed by atoms with Crippen LogP contribution in [0.4, 0.5) is 0 Å². The SMILES string of the molecule is c1ccc(-c2cccc(-c3nc(-c4ccccc4)nc(-c4cccc(-c5cccc(-n6c7ccccc7c7cc8c(cc76)c6ccccc6n8-c6ccccc6)c5)c4)n3)c2)cc1. The van der Waals surface area contributed by atoms with Gasteiger partial charge >= 0.3 is 0 Å². The maximum absolute atomic E-state index is 5.13. The molecular formula is C57H37N5. The molecule has 0 aliphatic carbocycles. The summed E-state index contributed by atoms with van der Waals surface area (Å²) in [6.45, 7) is 0. The van der Waals surface area contributed by atoms with E-state index in [1.54, 1.807) is 0 Å². The predicted molar refractivity (Wildman–Crippen MR) is 256 cm³/mol. The highest BCUT2D eigenvalue weighted by Gasteiger charge is 2.19. The molecule has 12 aromatic rings. The van der Waals surface area contributed by atoms with Crippen LogP contribution < -0.4 is 0 Å². The van der Waals surface area contributed by atoms with Crippen molar-refractivity contribution in [3.05, 3.63) is 224 Å². The Morgan fingerprint density at radius 2 is 0.597 bits per heavy atom. The van der Waals surface area contributed by atoms with Gasteiger partial charge in [-0.3, -0.25) is 0 Å². The van der Waals surface area contributed by atoms with Crippen LogP contribution in [0.25, 0.3) is 111 Å². The third kappa shape index (κ3) is 6.06. The summed E-state index contributed by atoms with van der Waals surface area (Å²) >= 11 is 0. The van der Waals surface area contributed by atoms with Crippen LogP contribution in [-0.4, -0.2) is 24.1 Å². The molecule has 0 spiro atoms. The topological polar surface area (TPSA) is 48.5 Å². The third-order valence-electron chi connectivity index (χ3n) is 11.9. The highest BCUT2D eigenvalue weighted by molar-refractivity contribution is 6.19. The van der Waals surface area contributed by atoms with Gasteiger partial charge in [0.15, 0.2) is 17.5 Å². The molecule has 290 valence electrons. The zero-order chi connectivity index (χ0) is 41.0. The van der Waals surface area contributed by atoms with Crippen molar-refractivity contribution in [1.29, 1.82) is 0 Å². The van der Waals surface area contributed by atoms with E-state index in [1.165, 1.54) is 43.6 Å². The van der Waals surface area contributed by atoms with Crippen molar-refractivity contribution >= 4 is 43.6 Å². The first-order valence-corrected chi connectivity index (χ1v) is 20.9. The predicted octanol–water partition coefficient (Wildman–Crippen LogP) is 14.4. The number of para-hydroxylation sites is 3. The van der Waals surface area contributed by atoms with E-state index in [0.717, 1.165) is 50.3 Å². The Labute approximate surface area is 358 Å². The molecule has 3 heterocycles. The Balaban J connectivity index is 0.991. The van der Waals surface area contributed by atoms with Crippen LogP contribution in [0.3, 0.4) is 0 Å². The Morgan fingerprint density at radius 3 is 1.16 bits per heavy atom. The third-order valence-corrected chi connectivity index (χ3v) is 11.9. The van der Waals surface area contributed by atoms with Crippen molar-refractivity contribution in [1.82, 2.24) is 24.1 Å². The Morgan fingerprint density at radius 1 is 0.226 bits per heavy atom. The van der Waals surface area contributed by atoms with Gasteiger partial charge in [-0.05, 0) is 82.9 Å². The van der Waals surface area contributed by atoms with E-state index in [9.17, 15) is 0 Å². The smallest absolute Gasteiger partial charge is 0.164 e. The van der Waals surface area contributed by atoms with Gasteiger partial charge in [-0.2, -0.15) is 0 Å². The molecule has 0 fully saturated rings. The molecule has 9 aromatic carbocycles. The van der Waals surface area contributed by atoms with Crippen LogP contribution >= 0.6 is 0 Å². The summed E-state index contributed by atoms with van der Waals surface area (Å²) in [5, 5.41) is 4.89. The van der Waals surface area contributed by atoms with Crippen molar-refractivity contribution in [3.63, 3.8) is 0 Å². The number of fused-ring (bicyclic) bond motifs is 6. The minimum atomic E-state index is 0.623. The fourth-order valence-electron chi connectivity index (χ4n) is 9.05. The van der Waals surface area contributed by atoms with Gasteiger partial charge in [-0.15, -0.1) is 0 Å². The monoisotopic (exact) mass is 791 g/mol.